The molecule has 4 saturated carbocycles. The van der Waals surface area contributed by atoms with Crippen molar-refractivity contribution in [1.82, 2.24) is 10.2 Å². The number of aliphatic imine (C=N–C) groups is 1. The number of rotatable bonds is 8. The zero-order valence-corrected chi connectivity index (χ0v) is 21.5. The maximum absolute atomic E-state index is 12.3. The number of amidine groups is 1. The normalized spacial score (nSPS) is 32.2. The second kappa shape index (κ2) is 10.0. The van der Waals surface area contributed by atoms with Crippen molar-refractivity contribution in [3.8, 4) is 11.9 Å². The van der Waals surface area contributed by atoms with Gasteiger partial charge in [0.25, 0.3) is 0 Å². The lowest BCUT2D eigenvalue weighted by Gasteiger charge is -2.58. The smallest absolute Gasteiger partial charge is 0.223 e. The number of nitrogens with zero attached hydrogens (tertiary/aromatic N) is 3. The molecule has 1 saturated heterocycles. The van der Waals surface area contributed by atoms with Crippen LogP contribution in [-0.2, 0) is 14.9 Å². The van der Waals surface area contributed by atoms with E-state index in [1.54, 1.807) is 0 Å². The standard InChI is InChI=1S/C28H39N5O3/c1-27(2,22-4-3-5-23(14-22)36-11-8-33-6-9-35-10-7-33)26(31-18-29)32-24-20-12-19-13-21(24)17-28(15-19,16-20)25(30)34/h3-5,14,19-21,24H,6-13,15-17H2,1-2H3,(H2,30,34)(H,31,32). The second-order valence-corrected chi connectivity index (χ2v) is 11.8. The van der Waals surface area contributed by atoms with Gasteiger partial charge in [0.05, 0.1) is 19.3 Å². The predicted octanol–water partition coefficient (Wildman–Crippen LogP) is 2.82. The molecule has 4 bridgehead atoms. The molecular formula is C28H39N5O3. The van der Waals surface area contributed by atoms with Crippen LogP contribution in [0.15, 0.2) is 29.3 Å². The van der Waals surface area contributed by atoms with Crippen LogP contribution >= 0.6 is 0 Å². The molecule has 36 heavy (non-hydrogen) atoms. The van der Waals surface area contributed by atoms with Crippen LogP contribution in [0.5, 0.6) is 5.75 Å². The Labute approximate surface area is 214 Å². The molecule has 1 aromatic carbocycles. The van der Waals surface area contributed by atoms with E-state index in [-0.39, 0.29) is 17.4 Å². The Morgan fingerprint density at radius 1 is 1.28 bits per heavy atom. The van der Waals surface area contributed by atoms with Gasteiger partial charge in [-0.15, -0.1) is 0 Å². The van der Waals surface area contributed by atoms with E-state index < -0.39 is 5.41 Å². The zero-order chi connectivity index (χ0) is 25.3. The zero-order valence-electron chi connectivity index (χ0n) is 21.5. The molecule has 1 heterocycles. The molecule has 5 fully saturated rings. The summed E-state index contributed by atoms with van der Waals surface area (Å²) in [5.74, 6) is 2.65. The Morgan fingerprint density at radius 3 is 2.67 bits per heavy atom. The maximum Gasteiger partial charge on any atom is 0.223 e. The molecule has 1 aliphatic heterocycles. The molecule has 4 aliphatic carbocycles. The Bertz CT molecular complexity index is 1030. The Balaban J connectivity index is 1.32. The van der Waals surface area contributed by atoms with E-state index in [9.17, 15) is 10.1 Å². The van der Waals surface area contributed by atoms with Gasteiger partial charge in [0.15, 0.2) is 6.19 Å². The Morgan fingerprint density at radius 2 is 2.00 bits per heavy atom. The minimum absolute atomic E-state index is 0.122. The summed E-state index contributed by atoms with van der Waals surface area (Å²) in [5.41, 5.74) is 6.07. The number of hydrogen-bond donors (Lipinski definition) is 2. The van der Waals surface area contributed by atoms with Gasteiger partial charge in [-0.2, -0.15) is 5.26 Å². The first kappa shape index (κ1) is 25.0. The van der Waals surface area contributed by atoms with Crippen LogP contribution in [0.1, 0.15) is 51.5 Å². The van der Waals surface area contributed by atoms with Gasteiger partial charge in [0, 0.05) is 30.5 Å². The van der Waals surface area contributed by atoms with Gasteiger partial charge < -0.3 is 15.2 Å². The summed E-state index contributed by atoms with van der Waals surface area (Å²) in [6.45, 7) is 9.15. The molecular weight excluding hydrogens is 454 g/mol. The van der Waals surface area contributed by atoms with Gasteiger partial charge in [0.1, 0.15) is 18.2 Å². The number of primary amides is 1. The molecule has 0 spiro atoms. The molecule has 1 aromatic rings. The van der Waals surface area contributed by atoms with Crippen LogP contribution in [0.4, 0.5) is 0 Å². The minimum Gasteiger partial charge on any atom is -0.492 e. The third-order valence-electron chi connectivity index (χ3n) is 9.13. The van der Waals surface area contributed by atoms with Crippen LogP contribution in [0.25, 0.3) is 0 Å². The molecule has 194 valence electrons. The minimum atomic E-state index is -0.505. The van der Waals surface area contributed by atoms with Gasteiger partial charge in [0.2, 0.25) is 5.91 Å². The van der Waals surface area contributed by atoms with Crippen molar-refractivity contribution in [2.75, 3.05) is 39.5 Å². The van der Waals surface area contributed by atoms with E-state index in [1.807, 2.05) is 12.1 Å². The number of ether oxygens (including phenoxy) is 2. The topological polar surface area (TPSA) is 113 Å². The first-order valence-electron chi connectivity index (χ1n) is 13.4. The van der Waals surface area contributed by atoms with Gasteiger partial charge >= 0.3 is 0 Å². The van der Waals surface area contributed by atoms with Crippen molar-refractivity contribution in [1.29, 1.82) is 5.26 Å². The number of morpholine rings is 1. The third kappa shape index (κ3) is 4.83. The molecule has 2 atom stereocenters. The van der Waals surface area contributed by atoms with Crippen LogP contribution in [0, 0.1) is 34.6 Å². The molecule has 8 nitrogen and oxygen atoms in total. The highest BCUT2D eigenvalue weighted by Gasteiger charge is 2.58. The summed E-state index contributed by atoms with van der Waals surface area (Å²) in [7, 11) is 0. The predicted molar refractivity (Wildman–Crippen MR) is 137 cm³/mol. The fraction of sp³-hybridized carbons (Fsp3) is 0.679. The van der Waals surface area contributed by atoms with Crippen LogP contribution in [0.2, 0.25) is 0 Å². The summed E-state index contributed by atoms with van der Waals surface area (Å²) in [6.07, 6.45) is 6.94. The molecule has 8 heteroatoms. The maximum atomic E-state index is 12.3. The van der Waals surface area contributed by atoms with E-state index >= 15 is 0 Å². The number of hydrogen-bond acceptors (Lipinski definition) is 6. The van der Waals surface area contributed by atoms with Crippen molar-refractivity contribution in [3.63, 3.8) is 0 Å². The SMILES string of the molecule is CC(C)(C(=NC1C2CC3CC1CC(C(N)=O)(C3)C2)NC#N)c1cccc(OCCN2CCOCC2)c1. The molecule has 6 rings (SSSR count). The molecule has 2 unspecified atom stereocenters. The first-order valence-corrected chi connectivity index (χ1v) is 13.4. The van der Waals surface area contributed by atoms with Crippen LogP contribution in [0.3, 0.4) is 0 Å². The lowest BCUT2D eigenvalue weighted by molar-refractivity contribution is -0.144. The quantitative estimate of drug-likeness (QED) is 0.249. The average molecular weight is 494 g/mol. The molecule has 0 radical (unpaired) electrons. The van der Waals surface area contributed by atoms with Crippen molar-refractivity contribution in [2.45, 2.75) is 57.4 Å². The molecule has 5 aliphatic rings. The summed E-state index contributed by atoms with van der Waals surface area (Å²) < 4.78 is 11.5. The van der Waals surface area contributed by atoms with Crippen LogP contribution in [-0.4, -0.2) is 62.1 Å². The fourth-order valence-electron chi connectivity index (χ4n) is 7.29. The number of amides is 1. The number of carbonyl (C=O) groups excluding carboxylic acids is 1. The summed E-state index contributed by atoms with van der Waals surface area (Å²) in [6, 6.07) is 8.24. The van der Waals surface area contributed by atoms with E-state index in [2.05, 4.69) is 42.4 Å². The third-order valence-corrected chi connectivity index (χ3v) is 9.13. The van der Waals surface area contributed by atoms with Gasteiger partial charge in [-0.25, -0.2) is 0 Å². The fourth-order valence-corrected chi connectivity index (χ4v) is 7.29. The van der Waals surface area contributed by atoms with Crippen molar-refractivity contribution in [3.05, 3.63) is 29.8 Å². The monoisotopic (exact) mass is 493 g/mol. The van der Waals surface area contributed by atoms with E-state index in [0.717, 1.165) is 76.3 Å². The van der Waals surface area contributed by atoms with Gasteiger partial charge in [-0.05, 0) is 81.4 Å². The average Bonchev–Trinajstić information content (AvgIpc) is 2.86. The summed E-state index contributed by atoms with van der Waals surface area (Å²) in [4.78, 5) is 19.9. The van der Waals surface area contributed by atoms with E-state index in [4.69, 9.17) is 20.2 Å². The molecule has 3 N–H and O–H groups in total. The number of nitrogens with one attached hydrogen (secondary N) is 1. The van der Waals surface area contributed by atoms with Gasteiger partial charge in [-0.3, -0.25) is 20.0 Å². The van der Waals surface area contributed by atoms with Gasteiger partial charge in [-0.1, -0.05) is 12.1 Å². The summed E-state index contributed by atoms with van der Waals surface area (Å²) >= 11 is 0. The highest BCUT2D eigenvalue weighted by molar-refractivity contribution is 5.93. The lowest BCUT2D eigenvalue weighted by Crippen LogP contribution is -2.57. The van der Waals surface area contributed by atoms with Crippen molar-refractivity contribution < 1.29 is 14.3 Å². The summed E-state index contributed by atoms with van der Waals surface area (Å²) in [5, 5.41) is 12.5. The van der Waals surface area contributed by atoms with E-state index in [1.165, 1.54) is 0 Å². The Kier molecular flexibility index (Phi) is 6.97. The molecule has 0 aromatic heterocycles. The van der Waals surface area contributed by atoms with E-state index in [0.29, 0.717) is 30.2 Å². The number of carbonyl (C=O) groups is 1. The number of nitrogens with two attached hydrogens (primary N) is 1. The largest absolute Gasteiger partial charge is 0.492 e. The Hall–Kier alpha value is -2.63. The lowest BCUT2D eigenvalue weighted by atomic mass is 9.47. The highest BCUT2D eigenvalue weighted by Crippen LogP contribution is 2.60. The first-order chi connectivity index (χ1) is 17.3. The number of nitriles is 1. The molecule has 1 amide bonds. The number of benzene rings is 1. The van der Waals surface area contributed by atoms with Crippen LogP contribution < -0.4 is 15.8 Å². The highest BCUT2D eigenvalue weighted by atomic mass is 16.5. The van der Waals surface area contributed by atoms with Crippen molar-refractivity contribution in [2.24, 2.45) is 33.9 Å². The second-order valence-electron chi connectivity index (χ2n) is 11.8. The van der Waals surface area contributed by atoms with Crippen molar-refractivity contribution >= 4 is 11.7 Å².